The monoisotopic (exact) mass is 256 g/mol. The minimum Gasteiger partial charge on any atom is -0.490 e. The molecular formula is C16H16O3. The summed E-state index contributed by atoms with van der Waals surface area (Å²) in [5.41, 5.74) is 0.621. The molecule has 2 aromatic rings. The molecule has 2 aromatic carbocycles. The van der Waals surface area contributed by atoms with Crippen molar-refractivity contribution < 1.29 is 14.3 Å². The third kappa shape index (κ3) is 2.47. The zero-order valence-corrected chi connectivity index (χ0v) is 10.7. The average molecular weight is 256 g/mol. The van der Waals surface area contributed by atoms with Gasteiger partial charge in [-0.1, -0.05) is 30.3 Å². The molecule has 1 heterocycles. The zero-order valence-electron chi connectivity index (χ0n) is 10.7. The Kier molecular flexibility index (Phi) is 3.47. The molecule has 0 N–H and O–H groups in total. The van der Waals surface area contributed by atoms with Crippen molar-refractivity contribution in [2.75, 3.05) is 13.2 Å². The van der Waals surface area contributed by atoms with Crippen molar-refractivity contribution in [1.29, 1.82) is 0 Å². The lowest BCUT2D eigenvalue weighted by molar-refractivity contribution is 0.0676. The highest BCUT2D eigenvalue weighted by Gasteiger charge is 2.17. The highest BCUT2D eigenvalue weighted by Crippen LogP contribution is 2.27. The van der Waals surface area contributed by atoms with Crippen molar-refractivity contribution in [3.8, 4) is 5.75 Å². The molecule has 1 unspecified atom stereocenters. The number of ether oxygens (including phenoxy) is 2. The Hall–Kier alpha value is -1.87. The van der Waals surface area contributed by atoms with Crippen molar-refractivity contribution in [1.82, 2.24) is 0 Å². The van der Waals surface area contributed by atoms with E-state index in [2.05, 4.69) is 0 Å². The summed E-state index contributed by atoms with van der Waals surface area (Å²) in [4.78, 5) is 11.3. The summed E-state index contributed by atoms with van der Waals surface area (Å²) in [6, 6.07) is 11.7. The third-order valence-electron chi connectivity index (χ3n) is 3.50. The summed E-state index contributed by atoms with van der Waals surface area (Å²) in [5, 5.41) is 1.98. The maximum Gasteiger partial charge on any atom is 0.154 e. The molecule has 0 bridgehead atoms. The number of rotatable bonds is 4. The maximum atomic E-state index is 11.3. The Morgan fingerprint density at radius 1 is 1.26 bits per heavy atom. The van der Waals surface area contributed by atoms with E-state index >= 15 is 0 Å². The molecule has 1 fully saturated rings. The summed E-state index contributed by atoms with van der Waals surface area (Å²) < 4.78 is 11.3. The lowest BCUT2D eigenvalue weighted by Crippen LogP contribution is -2.16. The lowest BCUT2D eigenvalue weighted by Gasteiger charge is -2.14. The molecule has 1 saturated heterocycles. The Morgan fingerprint density at radius 3 is 2.95 bits per heavy atom. The molecular weight excluding hydrogens is 240 g/mol. The fraction of sp³-hybridized carbons (Fsp3) is 0.312. The van der Waals surface area contributed by atoms with E-state index < -0.39 is 0 Å². The zero-order chi connectivity index (χ0) is 13.1. The largest absolute Gasteiger partial charge is 0.490 e. The van der Waals surface area contributed by atoms with Gasteiger partial charge in [0, 0.05) is 6.61 Å². The first kappa shape index (κ1) is 12.2. The smallest absolute Gasteiger partial charge is 0.154 e. The van der Waals surface area contributed by atoms with Crippen LogP contribution in [0.2, 0.25) is 0 Å². The van der Waals surface area contributed by atoms with Crippen molar-refractivity contribution in [3.05, 3.63) is 42.0 Å². The van der Waals surface area contributed by atoms with E-state index in [1.807, 2.05) is 36.4 Å². The number of carbonyl (C=O) groups excluding carboxylic acids is 1. The van der Waals surface area contributed by atoms with Gasteiger partial charge in [-0.25, -0.2) is 0 Å². The third-order valence-corrected chi connectivity index (χ3v) is 3.50. The molecule has 0 saturated carbocycles. The minimum atomic E-state index is 0.158. The second kappa shape index (κ2) is 5.41. The molecule has 0 spiro atoms. The Labute approximate surface area is 112 Å². The van der Waals surface area contributed by atoms with Crippen LogP contribution >= 0.6 is 0 Å². The quantitative estimate of drug-likeness (QED) is 0.788. The number of aldehydes is 1. The number of fused-ring (bicyclic) bond motifs is 1. The topological polar surface area (TPSA) is 35.5 Å². The van der Waals surface area contributed by atoms with Gasteiger partial charge in [0.15, 0.2) is 6.29 Å². The van der Waals surface area contributed by atoms with Crippen LogP contribution in [0.4, 0.5) is 0 Å². The van der Waals surface area contributed by atoms with Crippen molar-refractivity contribution >= 4 is 17.1 Å². The van der Waals surface area contributed by atoms with Crippen LogP contribution in [0.1, 0.15) is 23.2 Å². The fourth-order valence-electron chi connectivity index (χ4n) is 2.48. The van der Waals surface area contributed by atoms with Gasteiger partial charge in [0.25, 0.3) is 0 Å². The number of benzene rings is 2. The molecule has 0 amide bonds. The van der Waals surface area contributed by atoms with Crippen LogP contribution in [-0.2, 0) is 4.74 Å². The Balaban J connectivity index is 1.87. The molecule has 3 rings (SSSR count). The number of hydrogen-bond donors (Lipinski definition) is 0. The van der Waals surface area contributed by atoms with Gasteiger partial charge in [-0.2, -0.15) is 0 Å². The summed E-state index contributed by atoms with van der Waals surface area (Å²) in [6.45, 7) is 1.32. The summed E-state index contributed by atoms with van der Waals surface area (Å²) in [7, 11) is 0. The van der Waals surface area contributed by atoms with Gasteiger partial charge in [0.1, 0.15) is 12.4 Å². The van der Waals surface area contributed by atoms with Gasteiger partial charge >= 0.3 is 0 Å². The fourth-order valence-corrected chi connectivity index (χ4v) is 2.48. The predicted octanol–water partition coefficient (Wildman–Crippen LogP) is 3.21. The van der Waals surface area contributed by atoms with E-state index in [4.69, 9.17) is 9.47 Å². The van der Waals surface area contributed by atoms with Gasteiger partial charge in [-0.15, -0.1) is 0 Å². The Bertz CT molecular complexity index is 586. The lowest BCUT2D eigenvalue weighted by atomic mass is 10.0. The second-order valence-electron chi connectivity index (χ2n) is 4.76. The van der Waals surface area contributed by atoms with Crippen molar-refractivity contribution in [2.24, 2.45) is 0 Å². The molecule has 3 heteroatoms. The number of hydrogen-bond acceptors (Lipinski definition) is 3. The van der Waals surface area contributed by atoms with E-state index in [9.17, 15) is 4.79 Å². The van der Waals surface area contributed by atoms with Gasteiger partial charge in [-0.05, 0) is 29.7 Å². The van der Waals surface area contributed by atoms with Crippen LogP contribution in [0.15, 0.2) is 36.4 Å². The highest BCUT2D eigenvalue weighted by atomic mass is 16.5. The van der Waals surface area contributed by atoms with E-state index in [-0.39, 0.29) is 6.10 Å². The predicted molar refractivity (Wildman–Crippen MR) is 73.8 cm³/mol. The first-order valence-corrected chi connectivity index (χ1v) is 6.60. The van der Waals surface area contributed by atoms with Crippen LogP contribution in [0.3, 0.4) is 0 Å². The second-order valence-corrected chi connectivity index (χ2v) is 4.76. The van der Waals surface area contributed by atoms with Gasteiger partial charge in [-0.3, -0.25) is 4.79 Å². The van der Waals surface area contributed by atoms with Crippen LogP contribution in [0, 0.1) is 0 Å². The highest BCUT2D eigenvalue weighted by molar-refractivity contribution is 6.00. The molecule has 98 valence electrons. The maximum absolute atomic E-state index is 11.3. The summed E-state index contributed by atoms with van der Waals surface area (Å²) >= 11 is 0. The molecule has 1 aliphatic heterocycles. The van der Waals surface area contributed by atoms with Crippen LogP contribution in [0.5, 0.6) is 5.75 Å². The molecule has 3 nitrogen and oxygen atoms in total. The van der Waals surface area contributed by atoms with Gasteiger partial charge in [0.2, 0.25) is 0 Å². The molecule has 1 aliphatic rings. The van der Waals surface area contributed by atoms with E-state index in [1.54, 1.807) is 0 Å². The SMILES string of the molecule is O=Cc1c(OCC2CCCO2)ccc2ccccc12. The van der Waals surface area contributed by atoms with E-state index in [0.717, 1.165) is 36.5 Å². The Morgan fingerprint density at radius 2 is 2.16 bits per heavy atom. The van der Waals surface area contributed by atoms with Crippen molar-refractivity contribution in [3.63, 3.8) is 0 Å². The summed E-state index contributed by atoms with van der Waals surface area (Å²) in [6.07, 6.45) is 3.15. The van der Waals surface area contributed by atoms with Gasteiger partial charge < -0.3 is 9.47 Å². The molecule has 19 heavy (non-hydrogen) atoms. The minimum absolute atomic E-state index is 0.158. The molecule has 0 radical (unpaired) electrons. The summed E-state index contributed by atoms with van der Waals surface area (Å²) in [5.74, 6) is 0.643. The van der Waals surface area contributed by atoms with E-state index in [0.29, 0.717) is 17.9 Å². The molecule has 1 atom stereocenters. The van der Waals surface area contributed by atoms with Crippen LogP contribution in [0.25, 0.3) is 10.8 Å². The van der Waals surface area contributed by atoms with Crippen molar-refractivity contribution in [2.45, 2.75) is 18.9 Å². The van der Waals surface area contributed by atoms with Crippen LogP contribution < -0.4 is 4.74 Å². The van der Waals surface area contributed by atoms with Crippen LogP contribution in [-0.4, -0.2) is 25.6 Å². The standard InChI is InChI=1S/C16H16O3/c17-10-15-14-6-2-1-4-12(14)7-8-16(15)19-11-13-5-3-9-18-13/h1-2,4,6-8,10,13H,3,5,9,11H2. The normalized spacial score (nSPS) is 18.6. The first-order chi connectivity index (χ1) is 9.38. The molecule has 0 aromatic heterocycles. The first-order valence-electron chi connectivity index (χ1n) is 6.60. The average Bonchev–Trinajstić information content (AvgIpc) is 2.97. The van der Waals surface area contributed by atoms with E-state index in [1.165, 1.54) is 0 Å². The number of carbonyl (C=O) groups is 1. The molecule has 0 aliphatic carbocycles. The van der Waals surface area contributed by atoms with Gasteiger partial charge in [0.05, 0.1) is 11.7 Å².